The largest absolute Gasteiger partial charge is 0.361 e. The van der Waals surface area contributed by atoms with Crippen LogP contribution in [-0.4, -0.2) is 23.8 Å². The molecule has 0 saturated heterocycles. The van der Waals surface area contributed by atoms with Gasteiger partial charge in [0, 0.05) is 12.1 Å². The van der Waals surface area contributed by atoms with E-state index in [4.69, 9.17) is 4.52 Å². The SMILES string of the molecule is Cc1cc(CN2C(=O)C=C(c3ccccc3)S2(=O)=O)no1. The van der Waals surface area contributed by atoms with Crippen LogP contribution in [0.3, 0.4) is 0 Å². The molecule has 1 aromatic heterocycles. The average Bonchev–Trinajstić information content (AvgIpc) is 2.96. The maximum atomic E-state index is 12.5. The van der Waals surface area contributed by atoms with Gasteiger partial charge in [-0.1, -0.05) is 35.5 Å². The smallest absolute Gasteiger partial charge is 0.267 e. The Labute approximate surface area is 121 Å². The summed E-state index contributed by atoms with van der Waals surface area (Å²) in [7, 11) is -3.86. The van der Waals surface area contributed by atoms with Gasteiger partial charge in [0.25, 0.3) is 15.9 Å². The summed E-state index contributed by atoms with van der Waals surface area (Å²) in [6.45, 7) is 1.57. The summed E-state index contributed by atoms with van der Waals surface area (Å²) in [6.07, 6.45) is 1.14. The van der Waals surface area contributed by atoms with Crippen LogP contribution in [0, 0.1) is 6.92 Å². The zero-order valence-electron chi connectivity index (χ0n) is 11.2. The van der Waals surface area contributed by atoms with E-state index in [9.17, 15) is 13.2 Å². The molecule has 0 fully saturated rings. The molecule has 7 heteroatoms. The molecule has 3 rings (SSSR count). The zero-order valence-corrected chi connectivity index (χ0v) is 12.0. The van der Waals surface area contributed by atoms with Gasteiger partial charge in [-0.15, -0.1) is 0 Å². The third kappa shape index (κ3) is 2.36. The topological polar surface area (TPSA) is 80.5 Å². The summed E-state index contributed by atoms with van der Waals surface area (Å²) in [6, 6.07) is 10.1. The fourth-order valence-electron chi connectivity index (χ4n) is 2.13. The van der Waals surface area contributed by atoms with Gasteiger partial charge in [-0.3, -0.25) is 4.79 Å². The van der Waals surface area contributed by atoms with Gasteiger partial charge in [-0.25, -0.2) is 12.7 Å². The second-order valence-corrected chi connectivity index (χ2v) is 6.48. The molecule has 2 aromatic rings. The third-order valence-electron chi connectivity index (χ3n) is 3.11. The Balaban J connectivity index is 1.95. The number of rotatable bonds is 3. The number of benzene rings is 1. The summed E-state index contributed by atoms with van der Waals surface area (Å²) in [4.78, 5) is 12.0. The minimum Gasteiger partial charge on any atom is -0.361 e. The molecule has 1 amide bonds. The highest BCUT2D eigenvalue weighted by Crippen LogP contribution is 2.31. The van der Waals surface area contributed by atoms with Crippen molar-refractivity contribution < 1.29 is 17.7 Å². The molecule has 1 aliphatic heterocycles. The molecule has 6 nitrogen and oxygen atoms in total. The molecule has 0 atom stereocenters. The van der Waals surface area contributed by atoms with Gasteiger partial charge in [-0.05, 0) is 12.5 Å². The molecule has 0 saturated carbocycles. The lowest BCUT2D eigenvalue weighted by atomic mass is 10.2. The monoisotopic (exact) mass is 304 g/mol. The Kier molecular flexibility index (Phi) is 3.13. The Hall–Kier alpha value is -2.41. The van der Waals surface area contributed by atoms with Gasteiger partial charge in [0.2, 0.25) is 0 Å². The van der Waals surface area contributed by atoms with E-state index in [0.717, 1.165) is 10.4 Å². The minimum absolute atomic E-state index is 0.00770. The molecular weight excluding hydrogens is 292 g/mol. The second kappa shape index (κ2) is 4.85. The van der Waals surface area contributed by atoms with Gasteiger partial charge in [0.1, 0.15) is 16.4 Å². The van der Waals surface area contributed by atoms with Crippen molar-refractivity contribution in [2.24, 2.45) is 0 Å². The van der Waals surface area contributed by atoms with Crippen LogP contribution in [0.5, 0.6) is 0 Å². The number of carbonyl (C=O) groups is 1. The second-order valence-electron chi connectivity index (χ2n) is 4.65. The number of hydrogen-bond donors (Lipinski definition) is 0. The van der Waals surface area contributed by atoms with E-state index in [1.165, 1.54) is 0 Å². The van der Waals surface area contributed by atoms with Crippen LogP contribution in [0.15, 0.2) is 47.0 Å². The lowest BCUT2D eigenvalue weighted by Gasteiger charge is -2.14. The molecule has 21 heavy (non-hydrogen) atoms. The number of carbonyl (C=O) groups excluding carboxylic acids is 1. The maximum Gasteiger partial charge on any atom is 0.267 e. The van der Waals surface area contributed by atoms with Crippen LogP contribution < -0.4 is 0 Å². The van der Waals surface area contributed by atoms with Crippen LogP contribution in [0.4, 0.5) is 0 Å². The fraction of sp³-hybridized carbons (Fsp3) is 0.143. The maximum absolute atomic E-state index is 12.5. The van der Waals surface area contributed by atoms with E-state index < -0.39 is 15.9 Å². The molecule has 1 aromatic carbocycles. The first kappa shape index (κ1) is 13.6. The average molecular weight is 304 g/mol. The molecule has 0 radical (unpaired) electrons. The zero-order chi connectivity index (χ0) is 15.0. The van der Waals surface area contributed by atoms with Crippen molar-refractivity contribution in [2.75, 3.05) is 0 Å². The predicted molar refractivity (Wildman–Crippen MR) is 75.1 cm³/mol. The molecule has 0 aliphatic carbocycles. The standard InChI is InChI=1S/C14H12N2O4S/c1-10-7-12(15-20-10)9-16-14(17)8-13(21(16,18)19)11-5-3-2-4-6-11/h2-8H,9H2,1H3. The minimum atomic E-state index is -3.86. The number of aryl methyl sites for hydroxylation is 1. The first-order chi connectivity index (χ1) is 9.98. The normalized spacial score (nSPS) is 17.1. The number of sulfonamides is 1. The van der Waals surface area contributed by atoms with E-state index >= 15 is 0 Å². The van der Waals surface area contributed by atoms with Crippen LogP contribution >= 0.6 is 0 Å². The summed E-state index contributed by atoms with van der Waals surface area (Å²) >= 11 is 0. The molecule has 1 aliphatic rings. The first-order valence-electron chi connectivity index (χ1n) is 6.24. The van der Waals surface area contributed by atoms with Gasteiger partial charge < -0.3 is 4.52 Å². The summed E-state index contributed by atoms with van der Waals surface area (Å²) in [5.74, 6) is -0.0141. The molecular formula is C14H12N2O4S. The van der Waals surface area contributed by atoms with Crippen molar-refractivity contribution in [3.05, 3.63) is 59.5 Å². The highest BCUT2D eigenvalue weighted by atomic mass is 32.2. The van der Waals surface area contributed by atoms with Crippen LogP contribution in [0.25, 0.3) is 4.91 Å². The summed E-state index contributed by atoms with van der Waals surface area (Å²) in [5.41, 5.74) is 0.886. The Morgan fingerprint density at radius 2 is 1.95 bits per heavy atom. The molecule has 108 valence electrons. The van der Waals surface area contributed by atoms with Gasteiger partial charge >= 0.3 is 0 Å². The lowest BCUT2D eigenvalue weighted by Crippen LogP contribution is -2.30. The fourth-order valence-corrected chi connectivity index (χ4v) is 3.65. The highest BCUT2D eigenvalue weighted by Gasteiger charge is 2.38. The number of amides is 1. The molecule has 0 unspecified atom stereocenters. The number of nitrogens with zero attached hydrogens (tertiary/aromatic N) is 2. The first-order valence-corrected chi connectivity index (χ1v) is 7.68. The van der Waals surface area contributed by atoms with E-state index in [2.05, 4.69) is 5.16 Å². The van der Waals surface area contributed by atoms with Crippen molar-refractivity contribution in [3.8, 4) is 0 Å². The molecule has 0 bridgehead atoms. The predicted octanol–water partition coefficient (Wildman–Crippen LogP) is 1.70. The number of aromatic nitrogens is 1. The van der Waals surface area contributed by atoms with E-state index in [-0.39, 0.29) is 11.4 Å². The van der Waals surface area contributed by atoms with Crippen molar-refractivity contribution in [1.82, 2.24) is 9.46 Å². The van der Waals surface area contributed by atoms with Gasteiger partial charge in [0.05, 0.1) is 6.54 Å². The summed E-state index contributed by atoms with van der Waals surface area (Å²) in [5, 5.41) is 3.72. The van der Waals surface area contributed by atoms with Gasteiger partial charge in [-0.2, -0.15) is 0 Å². The van der Waals surface area contributed by atoms with E-state index in [1.54, 1.807) is 43.3 Å². The van der Waals surface area contributed by atoms with Crippen molar-refractivity contribution >= 4 is 20.8 Å². The summed E-state index contributed by atoms with van der Waals surface area (Å²) < 4.78 is 30.7. The van der Waals surface area contributed by atoms with Crippen molar-refractivity contribution in [1.29, 1.82) is 0 Å². The Morgan fingerprint density at radius 3 is 2.57 bits per heavy atom. The third-order valence-corrected chi connectivity index (χ3v) is 4.91. The molecule has 0 N–H and O–H groups in total. The number of hydrogen-bond acceptors (Lipinski definition) is 5. The molecule has 0 spiro atoms. The Bertz CT molecular complexity index is 822. The van der Waals surface area contributed by atoms with Crippen molar-refractivity contribution in [3.63, 3.8) is 0 Å². The van der Waals surface area contributed by atoms with Crippen LogP contribution in [0.1, 0.15) is 17.0 Å². The van der Waals surface area contributed by atoms with Crippen LogP contribution in [0.2, 0.25) is 0 Å². The van der Waals surface area contributed by atoms with E-state index in [0.29, 0.717) is 17.0 Å². The van der Waals surface area contributed by atoms with Gasteiger partial charge in [0.15, 0.2) is 0 Å². The molecule has 2 heterocycles. The van der Waals surface area contributed by atoms with E-state index in [1.807, 2.05) is 0 Å². The Morgan fingerprint density at radius 1 is 1.24 bits per heavy atom. The lowest BCUT2D eigenvalue weighted by molar-refractivity contribution is -0.121. The quantitative estimate of drug-likeness (QED) is 0.862. The highest BCUT2D eigenvalue weighted by molar-refractivity contribution is 7.99. The van der Waals surface area contributed by atoms with Crippen LogP contribution in [-0.2, 0) is 21.4 Å². The van der Waals surface area contributed by atoms with Crippen molar-refractivity contribution in [2.45, 2.75) is 13.5 Å².